The number of fused-ring (bicyclic) bond motifs is 1. The first kappa shape index (κ1) is 19.8. The molecule has 1 atom stereocenters. The smallest absolute Gasteiger partial charge is 0.416 e. The minimum Gasteiger partial charge on any atom is -0.422 e. The lowest BCUT2D eigenvalue weighted by Crippen LogP contribution is -2.42. The number of alkyl halides is 3. The normalized spacial score (nSPS) is 19.3. The molecule has 1 aromatic carbocycles. The first-order valence-corrected chi connectivity index (χ1v) is 8.82. The van der Waals surface area contributed by atoms with E-state index in [-0.39, 0.29) is 17.4 Å². The van der Waals surface area contributed by atoms with Crippen LogP contribution in [0, 0.1) is 31.1 Å². The second-order valence-corrected chi connectivity index (χ2v) is 7.23. The van der Waals surface area contributed by atoms with Crippen molar-refractivity contribution >= 4 is 0 Å². The van der Waals surface area contributed by atoms with Gasteiger partial charge in [0, 0.05) is 7.05 Å². The molecule has 1 aliphatic heterocycles. The minimum atomic E-state index is -4.50. The van der Waals surface area contributed by atoms with Crippen LogP contribution in [-0.2, 0) is 11.6 Å². The summed E-state index contributed by atoms with van der Waals surface area (Å²) in [6, 6.07) is 6.11. The number of aromatic amines is 1. The summed E-state index contributed by atoms with van der Waals surface area (Å²) in [4.78, 5) is 0. The summed E-state index contributed by atoms with van der Waals surface area (Å²) in [7, 11) is 1.60. The van der Waals surface area contributed by atoms with E-state index in [4.69, 9.17) is 4.74 Å². The van der Waals surface area contributed by atoms with E-state index in [0.29, 0.717) is 28.3 Å². The molecule has 0 radical (unpaired) electrons. The lowest BCUT2D eigenvalue weighted by Gasteiger charge is -2.41. The molecule has 3 rings (SSSR count). The van der Waals surface area contributed by atoms with Crippen LogP contribution in [0.25, 0.3) is 0 Å². The number of aryl methyl sites for hydroxylation is 2. The zero-order chi connectivity index (χ0) is 20.9. The van der Waals surface area contributed by atoms with Crippen LogP contribution in [0.15, 0.2) is 29.7 Å². The zero-order valence-corrected chi connectivity index (χ0v) is 16.2. The number of nitrogens with zero attached hydrogens (tertiary/aromatic N) is 2. The number of aromatic nitrogens is 2. The van der Waals surface area contributed by atoms with Crippen LogP contribution in [0.5, 0.6) is 5.88 Å². The molecule has 0 bridgehead atoms. The molecule has 1 aliphatic rings. The maximum atomic E-state index is 13.5. The van der Waals surface area contributed by atoms with Crippen LogP contribution < -0.4 is 10.1 Å². The van der Waals surface area contributed by atoms with Crippen molar-refractivity contribution in [2.24, 2.45) is 5.92 Å². The number of hydrogen-bond acceptors (Lipinski definition) is 4. The third-order valence-electron chi connectivity index (χ3n) is 5.20. The molecule has 2 aromatic rings. The summed E-state index contributed by atoms with van der Waals surface area (Å²) in [5.41, 5.74) is 0.318. The molecule has 0 saturated heterocycles. The molecule has 0 amide bonds. The average Bonchev–Trinajstić information content (AvgIpc) is 2.99. The fourth-order valence-electron chi connectivity index (χ4n) is 4.09. The highest BCUT2D eigenvalue weighted by Crippen LogP contribution is 2.53. The third kappa shape index (κ3) is 2.73. The Balaban J connectivity index is 2.48. The molecule has 148 valence electrons. The number of nitrogens with one attached hydrogen (secondary N) is 2. The molecular weight excluding hydrogens is 369 g/mol. The predicted octanol–water partition coefficient (Wildman–Crippen LogP) is 4.33. The first-order valence-electron chi connectivity index (χ1n) is 8.82. The fraction of sp³-hybridized carbons (Fsp3) is 0.400. The number of benzene rings is 1. The van der Waals surface area contributed by atoms with Gasteiger partial charge < -0.3 is 10.1 Å². The lowest BCUT2D eigenvalue weighted by molar-refractivity contribution is -0.137. The van der Waals surface area contributed by atoms with Gasteiger partial charge in [0.05, 0.1) is 22.2 Å². The standard InChI is InChI=1S/C20H21F3N4O/c1-10(2)19(13-6-11(3)7-14(8-13)20(21,22)23)15(9-24)17(25-5)28-18-16(19)12(4)26-27-18/h6-8,10,25H,1-5H3,(H,26,27). The van der Waals surface area contributed by atoms with Crippen molar-refractivity contribution in [1.82, 2.24) is 15.5 Å². The van der Waals surface area contributed by atoms with Crippen LogP contribution in [0.2, 0.25) is 0 Å². The lowest BCUT2D eigenvalue weighted by atomic mass is 9.61. The topological polar surface area (TPSA) is 73.7 Å². The number of allylic oxidation sites excluding steroid dienone is 1. The summed E-state index contributed by atoms with van der Waals surface area (Å²) in [6.07, 6.45) is -4.50. The quantitative estimate of drug-likeness (QED) is 0.818. The zero-order valence-electron chi connectivity index (χ0n) is 16.2. The van der Waals surface area contributed by atoms with Gasteiger partial charge in [0.2, 0.25) is 11.8 Å². The number of H-pyrrole nitrogens is 1. The molecule has 2 heterocycles. The van der Waals surface area contributed by atoms with Crippen LogP contribution >= 0.6 is 0 Å². The summed E-state index contributed by atoms with van der Waals surface area (Å²) in [6.45, 7) is 7.11. The Bertz CT molecular complexity index is 998. The second kappa shape index (κ2) is 6.59. The second-order valence-electron chi connectivity index (χ2n) is 7.23. The molecule has 2 N–H and O–H groups in total. The van der Waals surface area contributed by atoms with Gasteiger partial charge in [0.1, 0.15) is 11.6 Å². The number of nitriles is 1. The highest BCUT2D eigenvalue weighted by atomic mass is 19.4. The highest BCUT2D eigenvalue weighted by molar-refractivity contribution is 5.62. The summed E-state index contributed by atoms with van der Waals surface area (Å²) < 4.78 is 46.4. The van der Waals surface area contributed by atoms with E-state index in [9.17, 15) is 18.4 Å². The van der Waals surface area contributed by atoms with Gasteiger partial charge in [-0.3, -0.25) is 0 Å². The molecule has 0 aliphatic carbocycles. The van der Waals surface area contributed by atoms with Gasteiger partial charge in [0.25, 0.3) is 0 Å². The molecule has 1 unspecified atom stereocenters. The Morgan fingerprint density at radius 1 is 1.25 bits per heavy atom. The number of hydrogen-bond donors (Lipinski definition) is 2. The molecule has 28 heavy (non-hydrogen) atoms. The Morgan fingerprint density at radius 2 is 1.93 bits per heavy atom. The number of halogens is 3. The van der Waals surface area contributed by atoms with Gasteiger partial charge in [0.15, 0.2) is 0 Å². The first-order chi connectivity index (χ1) is 13.1. The Kier molecular flexibility index (Phi) is 4.66. The Morgan fingerprint density at radius 3 is 2.46 bits per heavy atom. The number of rotatable bonds is 3. The van der Waals surface area contributed by atoms with Gasteiger partial charge in [-0.05, 0) is 37.5 Å². The van der Waals surface area contributed by atoms with Crippen molar-refractivity contribution in [2.45, 2.75) is 39.3 Å². The molecule has 0 spiro atoms. The molecular formula is C20H21F3N4O. The monoisotopic (exact) mass is 390 g/mol. The predicted molar refractivity (Wildman–Crippen MR) is 97.5 cm³/mol. The van der Waals surface area contributed by atoms with Crippen molar-refractivity contribution in [3.05, 3.63) is 57.6 Å². The van der Waals surface area contributed by atoms with Crippen molar-refractivity contribution in [3.63, 3.8) is 0 Å². The average molecular weight is 390 g/mol. The Labute approximate surface area is 161 Å². The van der Waals surface area contributed by atoms with Crippen molar-refractivity contribution in [3.8, 4) is 11.9 Å². The SMILES string of the molecule is CNC1=C(C#N)C(c2cc(C)cc(C(F)(F)F)c2)(C(C)C)c2c(C)n[nH]c2O1. The van der Waals surface area contributed by atoms with E-state index in [2.05, 4.69) is 21.6 Å². The van der Waals surface area contributed by atoms with Crippen LogP contribution in [-0.4, -0.2) is 17.2 Å². The van der Waals surface area contributed by atoms with Crippen LogP contribution in [0.1, 0.15) is 41.8 Å². The summed E-state index contributed by atoms with van der Waals surface area (Å²) in [5.74, 6) is 0.263. The molecule has 0 saturated carbocycles. The minimum absolute atomic E-state index is 0.197. The van der Waals surface area contributed by atoms with Crippen LogP contribution in [0.4, 0.5) is 13.2 Å². The van der Waals surface area contributed by atoms with E-state index in [1.165, 1.54) is 0 Å². The fourth-order valence-corrected chi connectivity index (χ4v) is 4.09. The van der Waals surface area contributed by atoms with Gasteiger partial charge in [-0.25, -0.2) is 5.10 Å². The Hall–Kier alpha value is -2.95. The molecule has 8 heteroatoms. The van der Waals surface area contributed by atoms with Gasteiger partial charge >= 0.3 is 6.18 Å². The molecule has 1 aromatic heterocycles. The van der Waals surface area contributed by atoms with E-state index < -0.39 is 17.2 Å². The van der Waals surface area contributed by atoms with E-state index in [0.717, 1.165) is 12.1 Å². The van der Waals surface area contributed by atoms with Gasteiger partial charge in [-0.1, -0.05) is 25.5 Å². The highest BCUT2D eigenvalue weighted by Gasteiger charge is 2.51. The van der Waals surface area contributed by atoms with Gasteiger partial charge in [-0.2, -0.15) is 23.5 Å². The molecule has 5 nitrogen and oxygen atoms in total. The van der Waals surface area contributed by atoms with E-state index in [1.807, 2.05) is 13.8 Å². The molecule has 0 fully saturated rings. The van der Waals surface area contributed by atoms with Crippen LogP contribution in [0.3, 0.4) is 0 Å². The van der Waals surface area contributed by atoms with E-state index in [1.54, 1.807) is 27.0 Å². The maximum absolute atomic E-state index is 13.5. The summed E-state index contributed by atoms with van der Waals surface area (Å²) in [5, 5.41) is 19.9. The number of ether oxygens (including phenoxy) is 1. The van der Waals surface area contributed by atoms with Crippen molar-refractivity contribution in [1.29, 1.82) is 5.26 Å². The van der Waals surface area contributed by atoms with E-state index >= 15 is 0 Å². The van der Waals surface area contributed by atoms with Gasteiger partial charge in [-0.15, -0.1) is 0 Å². The summed E-state index contributed by atoms with van der Waals surface area (Å²) >= 11 is 0. The van der Waals surface area contributed by atoms with Crippen molar-refractivity contribution in [2.75, 3.05) is 7.05 Å². The largest absolute Gasteiger partial charge is 0.422 e. The third-order valence-corrected chi connectivity index (χ3v) is 5.20. The van der Waals surface area contributed by atoms with Crippen molar-refractivity contribution < 1.29 is 17.9 Å². The maximum Gasteiger partial charge on any atom is 0.416 e.